The number of halogens is 4. The standard InChI is InChI=1S/C26H42ClF3N6O3/c1-33(25(38)17-9-11-34(14-17)23(37)15-39-2)24(26(28,29)30)16-5-7-18(8-6-16)35-10-3-4-19-20(35)13-31-22-12-21(27)32-36(19)22/h16-22,24,31-32H,3-15H2,1-2H3/t16?,17-,18?,19?,20?,21?,22?,24-/m0/s1. The summed E-state index contributed by atoms with van der Waals surface area (Å²) in [6, 6.07) is -0.915. The summed E-state index contributed by atoms with van der Waals surface area (Å²) in [7, 11) is 2.71. The monoisotopic (exact) mass is 578 g/mol. The molecule has 5 rings (SSSR count). The van der Waals surface area contributed by atoms with Gasteiger partial charge in [-0.2, -0.15) is 13.2 Å². The number of carbonyl (C=O) groups is 2. The molecule has 0 aromatic carbocycles. The van der Waals surface area contributed by atoms with Crippen molar-refractivity contribution in [2.75, 3.05) is 46.9 Å². The first-order valence-electron chi connectivity index (χ1n) is 14.4. The van der Waals surface area contributed by atoms with E-state index in [0.717, 1.165) is 37.3 Å². The highest BCUT2D eigenvalue weighted by molar-refractivity contribution is 6.20. The summed E-state index contributed by atoms with van der Waals surface area (Å²) in [4.78, 5) is 30.3. The van der Waals surface area contributed by atoms with Gasteiger partial charge in [0.2, 0.25) is 11.8 Å². The van der Waals surface area contributed by atoms with Crippen LogP contribution in [0.1, 0.15) is 51.4 Å². The van der Waals surface area contributed by atoms with E-state index >= 15 is 0 Å². The molecule has 0 aromatic rings. The number of rotatable bonds is 6. The van der Waals surface area contributed by atoms with Crippen LogP contribution in [0.5, 0.6) is 0 Å². The molecule has 13 heteroatoms. The lowest BCUT2D eigenvalue weighted by Gasteiger charge is -2.53. The molecule has 4 aliphatic heterocycles. The number of hydrogen-bond acceptors (Lipinski definition) is 7. The van der Waals surface area contributed by atoms with Gasteiger partial charge in [0.15, 0.2) is 0 Å². The van der Waals surface area contributed by atoms with Crippen LogP contribution in [0.25, 0.3) is 0 Å². The zero-order valence-electron chi connectivity index (χ0n) is 22.8. The van der Waals surface area contributed by atoms with Gasteiger partial charge in [-0.25, -0.2) is 10.4 Å². The minimum Gasteiger partial charge on any atom is -0.375 e. The summed E-state index contributed by atoms with van der Waals surface area (Å²) in [6.07, 6.45) is 1.36. The van der Waals surface area contributed by atoms with Gasteiger partial charge >= 0.3 is 6.18 Å². The Labute approximate surface area is 233 Å². The SMILES string of the molecule is COCC(=O)N1CC[C@H](C(=O)N(C)[C@@H](C2CCC(N3CCCC4C3CNC3CC(Cl)NN34)CC2)C(F)(F)F)C1. The summed E-state index contributed by atoms with van der Waals surface area (Å²) in [5, 5.41) is 5.89. The second-order valence-electron chi connectivity index (χ2n) is 11.9. The highest BCUT2D eigenvalue weighted by Gasteiger charge is 2.52. The number of piperidine rings is 1. The van der Waals surface area contributed by atoms with Crippen molar-refractivity contribution in [3.8, 4) is 0 Å². The molecule has 4 heterocycles. The van der Waals surface area contributed by atoms with Gasteiger partial charge in [0.25, 0.3) is 0 Å². The van der Waals surface area contributed by atoms with Crippen molar-refractivity contribution in [3.05, 3.63) is 0 Å². The molecular formula is C26H42ClF3N6O3. The topological polar surface area (TPSA) is 80.4 Å². The van der Waals surface area contributed by atoms with E-state index < -0.39 is 30.0 Å². The number of carbonyl (C=O) groups excluding carboxylic acids is 2. The molecule has 5 fully saturated rings. The molecule has 39 heavy (non-hydrogen) atoms. The van der Waals surface area contributed by atoms with E-state index in [-0.39, 0.29) is 36.8 Å². The molecule has 4 saturated heterocycles. The highest BCUT2D eigenvalue weighted by Crippen LogP contribution is 2.41. The third-order valence-electron chi connectivity index (χ3n) is 9.68. The highest BCUT2D eigenvalue weighted by atomic mass is 35.5. The lowest BCUT2D eigenvalue weighted by atomic mass is 9.78. The van der Waals surface area contributed by atoms with Crippen LogP contribution in [-0.4, -0.2) is 120 Å². The van der Waals surface area contributed by atoms with Crippen molar-refractivity contribution in [1.29, 1.82) is 0 Å². The number of methoxy groups -OCH3 is 1. The summed E-state index contributed by atoms with van der Waals surface area (Å²) in [5.41, 5.74) is 3.32. The van der Waals surface area contributed by atoms with Crippen molar-refractivity contribution in [2.24, 2.45) is 11.8 Å². The largest absolute Gasteiger partial charge is 0.409 e. The summed E-state index contributed by atoms with van der Waals surface area (Å²) < 4.78 is 48.1. The van der Waals surface area contributed by atoms with Crippen LogP contribution in [0.15, 0.2) is 0 Å². The Morgan fingerprint density at radius 3 is 2.54 bits per heavy atom. The van der Waals surface area contributed by atoms with Crippen molar-refractivity contribution >= 4 is 23.4 Å². The zero-order chi connectivity index (χ0) is 27.9. The molecule has 0 spiro atoms. The van der Waals surface area contributed by atoms with E-state index in [0.29, 0.717) is 50.7 Å². The number of amides is 2. The summed E-state index contributed by atoms with van der Waals surface area (Å²) >= 11 is 6.36. The predicted octanol–water partition coefficient (Wildman–Crippen LogP) is 1.97. The van der Waals surface area contributed by atoms with Crippen LogP contribution in [0.2, 0.25) is 0 Å². The van der Waals surface area contributed by atoms with E-state index in [2.05, 4.69) is 20.7 Å². The maximum atomic E-state index is 14.4. The molecule has 2 N–H and O–H groups in total. The molecule has 0 bridgehead atoms. The number of hydrazine groups is 1. The van der Waals surface area contributed by atoms with E-state index in [4.69, 9.17) is 16.3 Å². The van der Waals surface area contributed by atoms with Gasteiger partial charge in [0.1, 0.15) is 12.6 Å². The molecule has 5 aliphatic rings. The number of nitrogens with one attached hydrogen (secondary N) is 2. The van der Waals surface area contributed by atoms with Crippen molar-refractivity contribution in [2.45, 2.75) is 93.4 Å². The number of hydrogen-bond donors (Lipinski definition) is 2. The lowest BCUT2D eigenvalue weighted by molar-refractivity contribution is -0.203. The fourth-order valence-corrected chi connectivity index (χ4v) is 8.13. The van der Waals surface area contributed by atoms with Gasteiger partial charge in [0.05, 0.1) is 17.6 Å². The molecule has 4 unspecified atom stereocenters. The van der Waals surface area contributed by atoms with Crippen molar-refractivity contribution < 1.29 is 27.5 Å². The first-order chi connectivity index (χ1) is 18.6. The van der Waals surface area contributed by atoms with Gasteiger partial charge in [-0.3, -0.25) is 19.8 Å². The first-order valence-corrected chi connectivity index (χ1v) is 14.8. The molecule has 0 radical (unpaired) electrons. The molecule has 222 valence electrons. The Hall–Kier alpha value is -1.18. The second kappa shape index (κ2) is 12.0. The Morgan fingerprint density at radius 1 is 1.10 bits per heavy atom. The maximum Gasteiger partial charge on any atom is 0.409 e. The number of likely N-dealkylation sites (tertiary alicyclic amines) is 2. The van der Waals surface area contributed by atoms with Gasteiger partial charge < -0.3 is 14.5 Å². The van der Waals surface area contributed by atoms with E-state index in [9.17, 15) is 22.8 Å². The number of nitrogens with zero attached hydrogens (tertiary/aromatic N) is 4. The van der Waals surface area contributed by atoms with E-state index in [1.165, 1.54) is 19.1 Å². The first kappa shape index (κ1) is 29.3. The summed E-state index contributed by atoms with van der Waals surface area (Å²) in [5.74, 6) is -2.01. The van der Waals surface area contributed by atoms with E-state index in [1.54, 1.807) is 0 Å². The Morgan fingerprint density at radius 2 is 1.85 bits per heavy atom. The minimum atomic E-state index is -4.51. The third kappa shape index (κ3) is 6.06. The van der Waals surface area contributed by atoms with Gasteiger partial charge in [0, 0.05) is 58.3 Å². The third-order valence-corrected chi connectivity index (χ3v) is 9.95. The average molecular weight is 579 g/mol. The maximum absolute atomic E-state index is 14.4. The normalized spacial score (nSPS) is 36.9. The van der Waals surface area contributed by atoms with Crippen molar-refractivity contribution in [3.63, 3.8) is 0 Å². The van der Waals surface area contributed by atoms with Gasteiger partial charge in [-0.1, -0.05) is 0 Å². The van der Waals surface area contributed by atoms with Crippen LogP contribution < -0.4 is 10.7 Å². The van der Waals surface area contributed by atoms with Crippen LogP contribution in [0, 0.1) is 11.8 Å². The molecule has 1 saturated carbocycles. The fraction of sp³-hybridized carbons (Fsp3) is 0.923. The number of alkyl halides is 4. The van der Waals surface area contributed by atoms with Gasteiger partial charge in [-0.05, 0) is 57.4 Å². The molecule has 6 atom stereocenters. The lowest BCUT2D eigenvalue weighted by Crippen LogP contribution is -2.70. The van der Waals surface area contributed by atoms with Crippen molar-refractivity contribution in [1.82, 2.24) is 30.5 Å². The smallest absolute Gasteiger partial charge is 0.375 e. The summed E-state index contributed by atoms with van der Waals surface area (Å²) in [6.45, 7) is 2.24. The zero-order valence-corrected chi connectivity index (χ0v) is 23.6. The average Bonchev–Trinajstić information content (AvgIpc) is 3.54. The van der Waals surface area contributed by atoms with Crippen LogP contribution >= 0.6 is 11.6 Å². The fourth-order valence-electron chi connectivity index (χ4n) is 7.85. The van der Waals surface area contributed by atoms with Crippen LogP contribution in [0.3, 0.4) is 0 Å². The molecule has 0 aromatic heterocycles. The van der Waals surface area contributed by atoms with Gasteiger partial charge in [-0.15, -0.1) is 11.6 Å². The predicted molar refractivity (Wildman–Crippen MR) is 139 cm³/mol. The van der Waals surface area contributed by atoms with E-state index in [1.807, 2.05) is 0 Å². The molecular weight excluding hydrogens is 537 g/mol. The second-order valence-corrected chi connectivity index (χ2v) is 12.5. The number of ether oxygens (including phenoxy) is 1. The molecule has 1 aliphatic carbocycles. The molecule has 2 amide bonds. The Balaban J connectivity index is 1.20. The quantitative estimate of drug-likeness (QED) is 0.368. The molecule has 9 nitrogen and oxygen atoms in total. The van der Waals surface area contributed by atoms with Crippen LogP contribution in [-0.2, 0) is 14.3 Å². The number of fused-ring (bicyclic) bond motifs is 3. The van der Waals surface area contributed by atoms with Crippen LogP contribution in [0.4, 0.5) is 13.2 Å². The Kier molecular flexibility index (Phi) is 9.00. The Bertz CT molecular complexity index is 891. The minimum absolute atomic E-state index is 0.0794.